The molecule has 0 aromatic heterocycles. The largest absolute Gasteiger partial charge is 0.481 e. The number of esters is 3. The molecule has 0 spiro atoms. The maximum atomic E-state index is 10.6. The normalized spacial score (nSPS) is 11.2. The van der Waals surface area contributed by atoms with Crippen molar-refractivity contribution in [3.63, 3.8) is 0 Å². The number of methoxy groups -OCH3 is 1. The summed E-state index contributed by atoms with van der Waals surface area (Å²) in [5.74, 6) is -11.1. The third-order valence-electron chi connectivity index (χ3n) is 5.70. The fourth-order valence-electron chi connectivity index (χ4n) is 3.05. The van der Waals surface area contributed by atoms with Crippen LogP contribution >= 0.6 is 0 Å². The Balaban J connectivity index is -0.000000192. The predicted molar refractivity (Wildman–Crippen MR) is 191 cm³/mol. The Morgan fingerprint density at radius 1 is 0.614 bits per heavy atom. The van der Waals surface area contributed by atoms with Crippen molar-refractivity contribution >= 4 is 87.9 Å². The second-order valence-electron chi connectivity index (χ2n) is 11.2. The lowest BCUT2D eigenvalue weighted by molar-refractivity contribution is -0.154. The summed E-state index contributed by atoms with van der Waals surface area (Å²) in [6.45, 7) is 10.4. The first-order chi connectivity index (χ1) is 26.2. The zero-order valence-electron chi connectivity index (χ0n) is 33.3. The highest BCUT2D eigenvalue weighted by atomic mass is 16.5. The molecular weight excluding hydrogens is 768 g/mol. The van der Waals surface area contributed by atoms with Crippen molar-refractivity contribution in [1.29, 1.82) is 0 Å². The minimum absolute atomic E-state index is 0.103. The zero-order valence-corrected chi connectivity index (χ0v) is 33.3. The quantitative estimate of drug-likeness (QED) is 0.0803. The van der Waals surface area contributed by atoms with E-state index in [2.05, 4.69) is 14.2 Å². The van der Waals surface area contributed by atoms with Crippen LogP contribution in [0.2, 0.25) is 0 Å². The molecular formula is C36H52O21. The molecule has 1 unspecified atom stereocenters. The van der Waals surface area contributed by atoms with Gasteiger partial charge in [-0.05, 0) is 48.0 Å². The summed E-state index contributed by atoms with van der Waals surface area (Å²) in [5, 5.41) is 24.5. The molecule has 1 rings (SSSR count). The maximum absolute atomic E-state index is 10.6. The van der Waals surface area contributed by atoms with Gasteiger partial charge in [0.05, 0.1) is 33.2 Å². The van der Waals surface area contributed by atoms with E-state index in [1.165, 1.54) is 27.9 Å². The first kappa shape index (κ1) is 60.1. The van der Waals surface area contributed by atoms with Crippen LogP contribution in [-0.2, 0) is 86.1 Å². The Morgan fingerprint density at radius 2 is 1.05 bits per heavy atom. The molecule has 57 heavy (non-hydrogen) atoms. The van der Waals surface area contributed by atoms with E-state index in [0.29, 0.717) is 25.9 Å². The van der Waals surface area contributed by atoms with E-state index in [1.807, 2.05) is 0 Å². The lowest BCUT2D eigenvalue weighted by Crippen LogP contribution is -2.27. The van der Waals surface area contributed by atoms with Crippen molar-refractivity contribution in [3.8, 4) is 0 Å². The highest BCUT2D eigenvalue weighted by Crippen LogP contribution is 2.09. The van der Waals surface area contributed by atoms with Crippen LogP contribution in [0.5, 0.6) is 0 Å². The van der Waals surface area contributed by atoms with Crippen molar-refractivity contribution in [3.05, 3.63) is 0 Å². The lowest BCUT2D eigenvalue weighted by atomic mass is 9.98. The molecule has 0 aromatic carbocycles. The molecule has 21 nitrogen and oxygen atoms in total. The molecule has 3 N–H and O–H groups in total. The molecule has 1 aliphatic carbocycles. The van der Waals surface area contributed by atoms with Crippen LogP contribution < -0.4 is 0 Å². The molecule has 0 heterocycles. The molecule has 0 aromatic rings. The van der Waals surface area contributed by atoms with Gasteiger partial charge in [-0.1, -0.05) is 6.92 Å². The second kappa shape index (κ2) is 36.8. The summed E-state index contributed by atoms with van der Waals surface area (Å²) in [5.41, 5.74) is 0. The topological polar surface area (TPSA) is 344 Å². The van der Waals surface area contributed by atoms with Gasteiger partial charge in [0, 0.05) is 25.7 Å². The van der Waals surface area contributed by atoms with Crippen LogP contribution in [0.4, 0.5) is 0 Å². The molecule has 1 aliphatic rings. The number of ketones is 9. The van der Waals surface area contributed by atoms with E-state index in [1.54, 1.807) is 20.8 Å². The van der Waals surface area contributed by atoms with Crippen molar-refractivity contribution in [2.75, 3.05) is 20.3 Å². The van der Waals surface area contributed by atoms with Gasteiger partial charge in [-0.2, -0.15) is 0 Å². The Labute approximate surface area is 328 Å². The van der Waals surface area contributed by atoms with Crippen molar-refractivity contribution in [1.82, 2.24) is 0 Å². The molecule has 21 heteroatoms. The summed E-state index contributed by atoms with van der Waals surface area (Å²) < 4.78 is 13.1. The van der Waals surface area contributed by atoms with Crippen molar-refractivity contribution in [2.45, 2.75) is 113 Å². The number of carboxylic acid groups (broad SMARTS) is 3. The number of carbonyl (C=O) groups excluding carboxylic acids is 12. The summed E-state index contributed by atoms with van der Waals surface area (Å²) >= 11 is 0. The number of ether oxygens (including phenoxy) is 3. The van der Waals surface area contributed by atoms with Crippen LogP contribution in [0, 0.1) is 5.92 Å². The monoisotopic (exact) mass is 820 g/mol. The third-order valence-corrected chi connectivity index (χ3v) is 5.70. The summed E-state index contributed by atoms with van der Waals surface area (Å²) in [7, 11) is 1.26. The van der Waals surface area contributed by atoms with Gasteiger partial charge in [-0.25, -0.2) is 9.59 Å². The van der Waals surface area contributed by atoms with Gasteiger partial charge in [-0.3, -0.25) is 62.3 Å². The number of carboxylic acids is 3. The molecule has 322 valence electrons. The van der Waals surface area contributed by atoms with Gasteiger partial charge in [0.25, 0.3) is 0 Å². The molecule has 0 amide bonds. The van der Waals surface area contributed by atoms with Crippen molar-refractivity contribution in [2.24, 2.45) is 5.92 Å². The van der Waals surface area contributed by atoms with E-state index < -0.39 is 65.5 Å². The highest BCUT2D eigenvalue weighted by molar-refractivity contribution is 6.37. The van der Waals surface area contributed by atoms with Crippen molar-refractivity contribution < 1.29 is 101 Å². The minimum atomic E-state index is -1.73. The molecule has 1 saturated carbocycles. The van der Waals surface area contributed by atoms with Crippen LogP contribution in [0.3, 0.4) is 0 Å². The number of aliphatic carboxylic acids is 3. The predicted octanol–water partition coefficient (Wildman–Crippen LogP) is 1.22. The fraction of sp³-hybridized carbons (Fsp3) is 0.583. The van der Waals surface area contributed by atoms with E-state index in [-0.39, 0.29) is 73.4 Å². The smallest absolute Gasteiger partial charge is 0.375 e. The molecule has 1 atom stereocenters. The highest BCUT2D eigenvalue weighted by Gasteiger charge is 2.28. The van der Waals surface area contributed by atoms with Gasteiger partial charge in [0.15, 0.2) is 0 Å². The zero-order chi connectivity index (χ0) is 45.8. The number of carbonyl (C=O) groups is 15. The number of hydrogen-bond acceptors (Lipinski definition) is 18. The van der Waals surface area contributed by atoms with Gasteiger partial charge in [0.1, 0.15) is 65.7 Å². The summed E-state index contributed by atoms with van der Waals surface area (Å²) in [6.07, 6.45) is 0.807. The van der Waals surface area contributed by atoms with E-state index in [0.717, 1.165) is 13.3 Å². The van der Waals surface area contributed by atoms with Gasteiger partial charge >= 0.3 is 35.8 Å². The van der Waals surface area contributed by atoms with Crippen LogP contribution in [0.25, 0.3) is 0 Å². The first-order valence-corrected chi connectivity index (χ1v) is 16.9. The Bertz CT molecular complexity index is 1390. The first-order valence-electron chi connectivity index (χ1n) is 16.9. The number of Topliss-reactive ketones (excluding diaryl/α,β-unsaturated/α-hetero) is 9. The van der Waals surface area contributed by atoms with Gasteiger partial charge in [-0.15, -0.1) is 0 Å². The van der Waals surface area contributed by atoms with Gasteiger partial charge in [0.2, 0.25) is 11.6 Å². The SMILES string of the molecule is CC(=O)C(CC(=O)C(=O)O)C(=O)O.CCC(=O)CC(=O)O.CCOC(=O)C(=O)CC(C)=O.CCOC(=O)CC(C)=O.COC(=O)CC(C)=O.O=C1CCCC(=O)C1. The minimum Gasteiger partial charge on any atom is -0.481 e. The molecule has 0 radical (unpaired) electrons. The van der Waals surface area contributed by atoms with Crippen LogP contribution in [0.15, 0.2) is 0 Å². The molecule has 0 saturated heterocycles. The molecule has 0 bridgehead atoms. The fourth-order valence-corrected chi connectivity index (χ4v) is 3.05. The Morgan fingerprint density at radius 3 is 1.30 bits per heavy atom. The van der Waals surface area contributed by atoms with E-state index in [4.69, 9.17) is 15.3 Å². The Hall–Kier alpha value is -6.15. The van der Waals surface area contributed by atoms with E-state index >= 15 is 0 Å². The molecule has 1 fully saturated rings. The van der Waals surface area contributed by atoms with Gasteiger partial charge < -0.3 is 29.5 Å². The number of rotatable bonds is 17. The van der Waals surface area contributed by atoms with E-state index in [9.17, 15) is 71.9 Å². The Kier molecular flexibility index (Phi) is 38.8. The average molecular weight is 821 g/mol. The molecule has 0 aliphatic heterocycles. The second-order valence-corrected chi connectivity index (χ2v) is 11.2. The maximum Gasteiger partial charge on any atom is 0.375 e. The average Bonchev–Trinajstić information content (AvgIpc) is 3.07. The van der Waals surface area contributed by atoms with Crippen LogP contribution in [-0.4, -0.2) is 124 Å². The third kappa shape index (κ3) is 45.9. The summed E-state index contributed by atoms with van der Waals surface area (Å²) in [4.78, 5) is 155. The lowest BCUT2D eigenvalue weighted by Gasteiger charge is -2.04. The summed E-state index contributed by atoms with van der Waals surface area (Å²) in [6, 6.07) is 0. The standard InChI is InChI=1S/C7H8O6.C7H10O4.C6H10O3.C6H8O2.2C5H8O3/c1-3(8)4(6(10)11)2-5(9)7(12)13;1-3-11-7(10)6(9)4-5(2)8;1-3-9-6(8)4-5(2)7;7-5-2-1-3-6(8)4-5;1-4(6)3-5(7)8-2;1-2-4(6)3-5(7)8/h4H,2H2,1H3,(H,10,11)(H,12,13);3-4H2,1-2H3;3-4H2,1-2H3;1-4H2;3H2,1-2H3;2-3H2,1H3,(H,7,8). The van der Waals surface area contributed by atoms with Crippen LogP contribution in [0.1, 0.15) is 113 Å². The number of hydrogen-bond donors (Lipinski definition) is 3.